The fourth-order valence-electron chi connectivity index (χ4n) is 3.80. The molecule has 0 bridgehead atoms. The fraction of sp³-hybridized carbons (Fsp3) is 0.167. The van der Waals surface area contributed by atoms with Crippen LogP contribution in [0.25, 0.3) is 0 Å². The van der Waals surface area contributed by atoms with Crippen LogP contribution in [0.4, 0.5) is 17.1 Å². The maximum atomic E-state index is 13.2. The lowest BCUT2D eigenvalue weighted by molar-refractivity contribution is -0.884. The first-order valence-electron chi connectivity index (χ1n) is 9.52. The highest BCUT2D eigenvalue weighted by atomic mass is 16.1. The van der Waals surface area contributed by atoms with Gasteiger partial charge in [0.25, 0.3) is 0 Å². The van der Waals surface area contributed by atoms with Gasteiger partial charge in [-0.05, 0) is 24.3 Å². The maximum absolute atomic E-state index is 13.2. The van der Waals surface area contributed by atoms with Gasteiger partial charge in [-0.25, -0.2) is 0 Å². The lowest BCUT2D eigenvalue weighted by Gasteiger charge is -2.24. The predicted octanol–water partition coefficient (Wildman–Crippen LogP) is 3.99. The van der Waals surface area contributed by atoms with Crippen LogP contribution in [-0.2, 0) is 6.54 Å². The zero-order chi connectivity index (χ0) is 20.8. The fourth-order valence-corrected chi connectivity index (χ4v) is 3.80. The Labute approximate surface area is 170 Å². The normalized spacial score (nSPS) is 13.1. The largest absolute Gasteiger partial charge is 0.398 e. The van der Waals surface area contributed by atoms with Gasteiger partial charge in [0.15, 0.2) is 11.6 Å². The molecule has 4 rings (SSSR count). The van der Waals surface area contributed by atoms with Crippen LogP contribution in [0.1, 0.15) is 37.4 Å². The molecule has 0 radical (unpaired) electrons. The zero-order valence-corrected chi connectivity index (χ0v) is 16.8. The van der Waals surface area contributed by atoms with Crippen LogP contribution in [0.2, 0.25) is 0 Å². The Kier molecular flexibility index (Phi) is 4.47. The third-order valence-electron chi connectivity index (χ3n) is 4.97. The summed E-state index contributed by atoms with van der Waals surface area (Å²) in [5, 5.41) is 3.33. The van der Waals surface area contributed by atoms with Gasteiger partial charge < -0.3 is 15.5 Å². The van der Waals surface area contributed by atoms with Crippen molar-refractivity contribution in [3.63, 3.8) is 0 Å². The molecule has 0 atom stereocenters. The van der Waals surface area contributed by atoms with Crippen molar-refractivity contribution in [3.05, 3.63) is 88.5 Å². The summed E-state index contributed by atoms with van der Waals surface area (Å²) in [5.74, 6) is -0.400. The van der Waals surface area contributed by atoms with Crippen molar-refractivity contribution in [2.45, 2.75) is 6.54 Å². The summed E-state index contributed by atoms with van der Waals surface area (Å²) in [6, 6.07) is 18.4. The summed E-state index contributed by atoms with van der Waals surface area (Å²) in [6.07, 6.45) is 0. The zero-order valence-electron chi connectivity index (χ0n) is 16.8. The van der Waals surface area contributed by atoms with Gasteiger partial charge in [-0.2, -0.15) is 0 Å². The molecule has 0 aliphatic heterocycles. The number of hydrogen-bond acceptors (Lipinski definition) is 4. The summed E-state index contributed by atoms with van der Waals surface area (Å²) in [6.45, 7) is 0.875. The van der Waals surface area contributed by atoms with Gasteiger partial charge in [0.1, 0.15) is 6.54 Å². The number of ketones is 2. The van der Waals surface area contributed by atoms with E-state index < -0.39 is 0 Å². The highest BCUT2D eigenvalue weighted by molar-refractivity contribution is 6.31. The van der Waals surface area contributed by atoms with Crippen LogP contribution < -0.4 is 11.1 Å². The van der Waals surface area contributed by atoms with E-state index in [1.165, 1.54) is 5.56 Å². The van der Waals surface area contributed by atoms with Gasteiger partial charge in [-0.1, -0.05) is 36.4 Å². The molecule has 146 valence electrons. The molecule has 5 heteroatoms. The number of nitrogen functional groups attached to an aromatic ring is 1. The summed E-state index contributed by atoms with van der Waals surface area (Å²) in [5.41, 5.74) is 10.5. The van der Waals surface area contributed by atoms with E-state index >= 15 is 0 Å². The van der Waals surface area contributed by atoms with Crippen LogP contribution in [0.3, 0.4) is 0 Å². The van der Waals surface area contributed by atoms with Crippen LogP contribution >= 0.6 is 0 Å². The number of carbonyl (C=O) groups is 2. The van der Waals surface area contributed by atoms with Crippen LogP contribution in [0, 0.1) is 0 Å². The summed E-state index contributed by atoms with van der Waals surface area (Å²) < 4.78 is 0.810. The minimum atomic E-state index is -0.213. The van der Waals surface area contributed by atoms with E-state index in [0.29, 0.717) is 28.1 Å². The average Bonchev–Trinajstić information content (AvgIpc) is 2.66. The Bertz CT molecular complexity index is 1140. The van der Waals surface area contributed by atoms with Crippen molar-refractivity contribution >= 4 is 28.6 Å². The Morgan fingerprint density at radius 3 is 2.14 bits per heavy atom. The highest BCUT2D eigenvalue weighted by Crippen LogP contribution is 2.36. The molecule has 0 unspecified atom stereocenters. The number of fused-ring (bicyclic) bond motifs is 2. The van der Waals surface area contributed by atoms with Crippen molar-refractivity contribution in [1.82, 2.24) is 0 Å². The van der Waals surface area contributed by atoms with Gasteiger partial charge in [-0.3, -0.25) is 9.59 Å². The number of nitrogens with zero attached hydrogens (tertiary/aromatic N) is 1. The van der Waals surface area contributed by atoms with Crippen LogP contribution in [0.5, 0.6) is 0 Å². The van der Waals surface area contributed by atoms with E-state index in [-0.39, 0.29) is 17.1 Å². The average molecular weight is 386 g/mol. The lowest BCUT2D eigenvalue weighted by atomic mass is 9.82. The van der Waals surface area contributed by atoms with E-state index in [4.69, 9.17) is 5.73 Å². The molecule has 0 spiro atoms. The molecule has 0 heterocycles. The number of rotatable bonds is 4. The molecule has 0 saturated heterocycles. The third kappa shape index (κ3) is 3.52. The predicted molar refractivity (Wildman–Crippen MR) is 116 cm³/mol. The molecule has 0 amide bonds. The molecule has 1 aliphatic rings. The van der Waals surface area contributed by atoms with E-state index in [9.17, 15) is 9.59 Å². The molecule has 0 aromatic heterocycles. The molecule has 3 N–H and O–H groups in total. The SMILES string of the molecule is C[N+](C)(C)Cc1cccc(Nc2ccc(N)c3c2C(=O)c2ccccc2C3=O)c1. The molecule has 3 aromatic carbocycles. The van der Waals surface area contributed by atoms with E-state index in [0.717, 1.165) is 16.7 Å². The Morgan fingerprint density at radius 1 is 0.828 bits per heavy atom. The molecule has 5 nitrogen and oxygen atoms in total. The summed E-state index contributed by atoms with van der Waals surface area (Å²) >= 11 is 0. The first-order chi connectivity index (χ1) is 13.7. The van der Waals surface area contributed by atoms with Crippen molar-refractivity contribution < 1.29 is 14.1 Å². The number of hydrogen-bond donors (Lipinski definition) is 2. The van der Waals surface area contributed by atoms with Crippen molar-refractivity contribution in [3.8, 4) is 0 Å². The summed E-state index contributed by atoms with van der Waals surface area (Å²) in [4.78, 5) is 26.2. The number of nitrogens with two attached hydrogens (primary N) is 1. The monoisotopic (exact) mass is 386 g/mol. The van der Waals surface area contributed by atoms with E-state index in [1.54, 1.807) is 36.4 Å². The Hall–Kier alpha value is -3.44. The second-order valence-corrected chi connectivity index (χ2v) is 8.43. The second-order valence-electron chi connectivity index (χ2n) is 8.43. The van der Waals surface area contributed by atoms with Crippen LogP contribution in [0.15, 0.2) is 60.7 Å². The first-order valence-corrected chi connectivity index (χ1v) is 9.52. The first kappa shape index (κ1) is 18.9. The molecular formula is C24H24N3O2+. The van der Waals surface area contributed by atoms with Crippen molar-refractivity contribution in [1.29, 1.82) is 0 Å². The van der Waals surface area contributed by atoms with Crippen molar-refractivity contribution in [2.24, 2.45) is 0 Å². The number of anilines is 3. The van der Waals surface area contributed by atoms with E-state index in [1.807, 2.05) is 12.1 Å². The number of nitrogens with one attached hydrogen (secondary N) is 1. The molecule has 3 aromatic rings. The minimum absolute atomic E-state index is 0.187. The van der Waals surface area contributed by atoms with Gasteiger partial charge in [0.05, 0.1) is 38.0 Å². The smallest absolute Gasteiger partial charge is 0.196 e. The standard InChI is InChI=1S/C24H23N3O2/c1-27(2,3)14-15-7-6-8-16(13-15)26-20-12-11-19(25)21-22(20)24(29)18-10-5-4-9-17(18)23(21)28/h4-13H,14H2,1-3H3,(H2-,25,26,28,29)/p+1. The van der Waals surface area contributed by atoms with E-state index in [2.05, 4.69) is 38.6 Å². The molecule has 29 heavy (non-hydrogen) atoms. The van der Waals surface area contributed by atoms with Crippen molar-refractivity contribution in [2.75, 3.05) is 32.2 Å². The Balaban J connectivity index is 1.77. The van der Waals surface area contributed by atoms with Gasteiger partial charge in [0, 0.05) is 28.1 Å². The number of carbonyl (C=O) groups excluding carboxylic acids is 2. The highest BCUT2D eigenvalue weighted by Gasteiger charge is 2.33. The maximum Gasteiger partial charge on any atom is 0.196 e. The molecular weight excluding hydrogens is 362 g/mol. The summed E-state index contributed by atoms with van der Waals surface area (Å²) in [7, 11) is 6.41. The molecule has 0 fully saturated rings. The number of quaternary nitrogens is 1. The van der Waals surface area contributed by atoms with Crippen LogP contribution in [-0.4, -0.2) is 37.2 Å². The number of benzene rings is 3. The molecule has 0 saturated carbocycles. The topological polar surface area (TPSA) is 72.2 Å². The lowest BCUT2D eigenvalue weighted by Crippen LogP contribution is -2.33. The van der Waals surface area contributed by atoms with Gasteiger partial charge >= 0.3 is 0 Å². The third-order valence-corrected chi connectivity index (χ3v) is 4.97. The molecule has 1 aliphatic carbocycles. The second kappa shape index (κ2) is 6.87. The minimum Gasteiger partial charge on any atom is -0.398 e. The Morgan fingerprint density at radius 2 is 1.48 bits per heavy atom. The van der Waals surface area contributed by atoms with Gasteiger partial charge in [0.2, 0.25) is 0 Å². The van der Waals surface area contributed by atoms with Gasteiger partial charge in [-0.15, -0.1) is 0 Å². The quantitative estimate of drug-likeness (QED) is 0.411.